The van der Waals surface area contributed by atoms with Crippen LogP contribution in [0.5, 0.6) is 0 Å². The number of benzene rings is 1. The van der Waals surface area contributed by atoms with E-state index < -0.39 is 0 Å². The van der Waals surface area contributed by atoms with Gasteiger partial charge in [0.15, 0.2) is 0 Å². The Balaban J connectivity index is 0. The van der Waals surface area contributed by atoms with E-state index in [-0.39, 0.29) is 7.52 Å². The molecule has 0 saturated carbocycles. The van der Waals surface area contributed by atoms with Crippen molar-refractivity contribution in [2.45, 2.75) is 33.8 Å². The Kier molecular flexibility index (Phi) is 9.08. The smallest absolute Gasteiger partial charge is 0.407 e. The minimum absolute atomic E-state index is 0. The van der Waals surface area contributed by atoms with E-state index in [9.17, 15) is 4.79 Å². The normalized spacial score (nSPS) is 8.69. The molecule has 0 aromatic heterocycles. The summed E-state index contributed by atoms with van der Waals surface area (Å²) in [6.45, 7) is 7.02. The average Bonchev–Trinajstić information content (AvgIpc) is 2.29. The van der Waals surface area contributed by atoms with E-state index in [1.807, 2.05) is 37.3 Å². The maximum Gasteiger partial charge on any atom is 0.407 e. The van der Waals surface area contributed by atoms with Gasteiger partial charge in [-0.3, -0.25) is 0 Å². The summed E-state index contributed by atoms with van der Waals surface area (Å²) in [6.07, 6.45) is 0.881. The Bertz CT molecular complexity index is 278. The van der Waals surface area contributed by atoms with Crippen LogP contribution in [0.25, 0.3) is 0 Å². The number of hydrogen-bond acceptors (Lipinski definition) is 2. The molecule has 1 N–H and O–H groups in total. The summed E-state index contributed by atoms with van der Waals surface area (Å²) < 4.78 is 4.92. The molecule has 3 nitrogen and oxygen atoms in total. The molecule has 0 aliphatic heterocycles. The third-order valence-corrected chi connectivity index (χ3v) is 1.53. The van der Waals surface area contributed by atoms with Gasteiger partial charge in [0.25, 0.3) is 0 Å². The fraction of sp³-hybridized carbons (Fsp3) is 0.462. The summed E-state index contributed by atoms with van der Waals surface area (Å²) >= 11 is 0. The van der Waals surface area contributed by atoms with Crippen molar-refractivity contribution in [2.75, 3.05) is 6.54 Å². The van der Waals surface area contributed by atoms with Crippen molar-refractivity contribution < 1.29 is 11.0 Å². The van der Waals surface area contributed by atoms with Gasteiger partial charge in [0, 0.05) is 7.97 Å². The first-order valence-electron chi connectivity index (χ1n) is 5.69. The highest BCUT2D eigenvalue weighted by Crippen LogP contribution is 1.99. The molecule has 0 aliphatic carbocycles. The van der Waals surface area contributed by atoms with E-state index in [1.165, 1.54) is 6.42 Å². The molecule has 0 bridgehead atoms. The standard InChI is InChI=1S/C10H13NO2.C3H8.H2/c1-2-11-10(12)13-8-9-6-4-3-5-7-9;1-3-2;/h3-7H,2,8H2,1H3,(H,11,12);3H2,1-2H3;1H. The van der Waals surface area contributed by atoms with Crippen molar-refractivity contribution in [3.63, 3.8) is 0 Å². The molecule has 0 spiro atoms. The number of hydrogen-bond donors (Lipinski definition) is 1. The lowest BCUT2D eigenvalue weighted by Crippen LogP contribution is -2.23. The van der Waals surface area contributed by atoms with Crippen LogP contribution in [-0.4, -0.2) is 12.6 Å². The van der Waals surface area contributed by atoms with Crippen LogP contribution >= 0.6 is 0 Å². The number of carbonyl (C=O) groups is 1. The summed E-state index contributed by atoms with van der Waals surface area (Å²) in [5.74, 6) is 0. The maximum absolute atomic E-state index is 10.9. The largest absolute Gasteiger partial charge is 0.445 e. The van der Waals surface area contributed by atoms with Crippen LogP contribution in [0.1, 0.15) is 34.2 Å². The molecule has 0 aliphatic rings. The first-order chi connectivity index (χ1) is 7.74. The molecule has 1 aromatic rings. The first-order valence-corrected chi connectivity index (χ1v) is 5.69. The zero-order valence-electron chi connectivity index (χ0n) is 10.3. The quantitative estimate of drug-likeness (QED) is 0.853. The summed E-state index contributed by atoms with van der Waals surface area (Å²) in [6, 6.07) is 9.58. The van der Waals surface area contributed by atoms with E-state index in [0.717, 1.165) is 5.56 Å². The summed E-state index contributed by atoms with van der Waals surface area (Å²) in [5.41, 5.74) is 0.994. The minimum Gasteiger partial charge on any atom is -0.445 e. The van der Waals surface area contributed by atoms with Gasteiger partial charge in [-0.15, -0.1) is 0 Å². The topological polar surface area (TPSA) is 38.3 Å². The Hall–Kier alpha value is -1.51. The van der Waals surface area contributed by atoms with Gasteiger partial charge in [-0.05, 0) is 12.5 Å². The number of amides is 1. The second kappa shape index (κ2) is 10.0. The Morgan fingerprint density at radius 3 is 2.31 bits per heavy atom. The van der Waals surface area contributed by atoms with Crippen LogP contribution in [0.15, 0.2) is 30.3 Å². The lowest BCUT2D eigenvalue weighted by molar-refractivity contribution is 0.140. The average molecular weight is 225 g/mol. The fourth-order valence-corrected chi connectivity index (χ4v) is 0.918. The predicted octanol–water partition coefficient (Wildman–Crippen LogP) is 3.60. The highest BCUT2D eigenvalue weighted by atomic mass is 16.5. The van der Waals surface area contributed by atoms with E-state index in [2.05, 4.69) is 19.2 Å². The van der Waals surface area contributed by atoms with E-state index >= 15 is 0 Å². The molecule has 0 saturated heterocycles. The van der Waals surface area contributed by atoms with Crippen LogP contribution in [0, 0.1) is 0 Å². The molecular formula is C13H23NO2. The SMILES string of the molecule is CCC.CCNC(=O)OCc1ccccc1.[HH]. The Morgan fingerprint density at radius 2 is 1.81 bits per heavy atom. The lowest BCUT2D eigenvalue weighted by Gasteiger charge is -2.04. The van der Waals surface area contributed by atoms with Gasteiger partial charge in [0.1, 0.15) is 6.61 Å². The van der Waals surface area contributed by atoms with Gasteiger partial charge in [0.2, 0.25) is 0 Å². The summed E-state index contributed by atoms with van der Waals surface area (Å²) in [7, 11) is 0. The summed E-state index contributed by atoms with van der Waals surface area (Å²) in [5, 5.41) is 2.55. The molecule has 1 rings (SSSR count). The highest BCUT2D eigenvalue weighted by Gasteiger charge is 1.98. The monoisotopic (exact) mass is 225 g/mol. The third-order valence-electron chi connectivity index (χ3n) is 1.53. The number of carbonyl (C=O) groups excluding carboxylic acids is 1. The van der Waals surface area contributed by atoms with Gasteiger partial charge in [-0.2, -0.15) is 0 Å². The second-order valence-corrected chi connectivity index (χ2v) is 3.30. The molecule has 1 aromatic carbocycles. The molecular weight excluding hydrogens is 202 g/mol. The number of nitrogens with one attached hydrogen (secondary N) is 1. The molecule has 92 valence electrons. The van der Waals surface area contributed by atoms with Gasteiger partial charge < -0.3 is 10.1 Å². The van der Waals surface area contributed by atoms with Gasteiger partial charge in [-0.25, -0.2) is 4.79 Å². The van der Waals surface area contributed by atoms with E-state index in [0.29, 0.717) is 13.2 Å². The molecule has 0 radical (unpaired) electrons. The molecule has 0 fully saturated rings. The van der Waals surface area contributed by atoms with E-state index in [1.54, 1.807) is 0 Å². The second-order valence-electron chi connectivity index (χ2n) is 3.30. The van der Waals surface area contributed by atoms with Gasteiger partial charge in [-0.1, -0.05) is 50.6 Å². The van der Waals surface area contributed by atoms with Crippen LogP contribution in [-0.2, 0) is 11.3 Å². The number of alkyl carbamates (subject to hydrolysis) is 1. The van der Waals surface area contributed by atoms with E-state index in [4.69, 9.17) is 4.74 Å². The van der Waals surface area contributed by atoms with Crippen molar-refractivity contribution in [3.05, 3.63) is 35.9 Å². The fourth-order valence-electron chi connectivity index (χ4n) is 0.918. The van der Waals surface area contributed by atoms with Crippen LogP contribution < -0.4 is 5.32 Å². The lowest BCUT2D eigenvalue weighted by atomic mass is 10.2. The van der Waals surface area contributed by atoms with Crippen LogP contribution in [0.2, 0.25) is 0 Å². The summed E-state index contributed by atoms with van der Waals surface area (Å²) in [4.78, 5) is 10.9. The predicted molar refractivity (Wildman–Crippen MR) is 68.4 cm³/mol. The van der Waals surface area contributed by atoms with Crippen LogP contribution in [0.3, 0.4) is 0 Å². The van der Waals surface area contributed by atoms with Gasteiger partial charge in [0.05, 0.1) is 0 Å². The van der Waals surface area contributed by atoms with Crippen molar-refractivity contribution in [1.29, 1.82) is 0 Å². The van der Waals surface area contributed by atoms with Crippen LogP contribution in [0.4, 0.5) is 4.79 Å². The third kappa shape index (κ3) is 7.85. The zero-order valence-corrected chi connectivity index (χ0v) is 10.3. The van der Waals surface area contributed by atoms with Crippen molar-refractivity contribution in [2.24, 2.45) is 0 Å². The number of rotatable bonds is 3. The number of ether oxygens (including phenoxy) is 1. The highest BCUT2D eigenvalue weighted by molar-refractivity contribution is 5.66. The molecule has 16 heavy (non-hydrogen) atoms. The molecule has 0 unspecified atom stereocenters. The molecule has 0 heterocycles. The molecule has 1 amide bonds. The minimum atomic E-state index is -0.369. The maximum atomic E-state index is 10.9. The Labute approximate surface area is 99.3 Å². The molecule has 0 atom stereocenters. The Morgan fingerprint density at radius 1 is 1.25 bits per heavy atom. The van der Waals surface area contributed by atoms with Crippen molar-refractivity contribution in [3.8, 4) is 0 Å². The molecule has 3 heteroatoms. The van der Waals surface area contributed by atoms with Crippen molar-refractivity contribution >= 4 is 6.09 Å². The first kappa shape index (κ1) is 14.5. The zero-order chi connectivity index (χ0) is 12.2. The van der Waals surface area contributed by atoms with Crippen molar-refractivity contribution in [1.82, 2.24) is 5.32 Å². The van der Waals surface area contributed by atoms with Gasteiger partial charge >= 0.3 is 6.09 Å².